The number of hydrogen-bond acceptors (Lipinski definition) is 2. The van der Waals surface area contributed by atoms with Crippen LogP contribution in [0, 0.1) is 6.92 Å². The number of nitrogens with one attached hydrogen (secondary N) is 1. The van der Waals surface area contributed by atoms with Gasteiger partial charge in [-0.15, -0.1) is 0 Å². The molecule has 20 heavy (non-hydrogen) atoms. The lowest BCUT2D eigenvalue weighted by Crippen LogP contribution is -2.43. The first kappa shape index (κ1) is 17.2. The summed E-state index contributed by atoms with van der Waals surface area (Å²) in [6, 6.07) is 5.53. The molecule has 4 heteroatoms. The van der Waals surface area contributed by atoms with Gasteiger partial charge in [0.05, 0.1) is 4.90 Å². The van der Waals surface area contributed by atoms with Crippen LogP contribution in [0.2, 0.25) is 0 Å². The van der Waals surface area contributed by atoms with E-state index in [9.17, 15) is 8.42 Å². The molecule has 1 aromatic carbocycles. The summed E-state index contributed by atoms with van der Waals surface area (Å²) in [6.45, 7) is 13.9. The van der Waals surface area contributed by atoms with Gasteiger partial charge in [0.25, 0.3) is 0 Å². The van der Waals surface area contributed by atoms with E-state index in [4.69, 9.17) is 0 Å². The molecule has 0 heterocycles. The Bertz CT molecular complexity index is 581. The van der Waals surface area contributed by atoms with Gasteiger partial charge in [-0.05, 0) is 44.2 Å². The van der Waals surface area contributed by atoms with Crippen LogP contribution >= 0.6 is 0 Å². The Balaban J connectivity index is 3.40. The predicted molar refractivity (Wildman–Crippen MR) is 84.6 cm³/mol. The Morgan fingerprint density at radius 1 is 1.10 bits per heavy atom. The molecule has 0 fully saturated rings. The smallest absolute Gasteiger partial charge is 0.207 e. The van der Waals surface area contributed by atoms with E-state index in [1.54, 1.807) is 6.07 Å². The molecule has 0 aromatic heterocycles. The molecule has 0 saturated heterocycles. The fraction of sp³-hybridized carbons (Fsp3) is 0.625. The van der Waals surface area contributed by atoms with Gasteiger partial charge in [-0.3, -0.25) is 0 Å². The zero-order valence-corrected chi connectivity index (χ0v) is 14.5. The van der Waals surface area contributed by atoms with Gasteiger partial charge in [-0.1, -0.05) is 45.4 Å². The molecule has 0 aliphatic carbocycles. The van der Waals surface area contributed by atoms with Crippen LogP contribution in [0.3, 0.4) is 0 Å². The van der Waals surface area contributed by atoms with Crippen LogP contribution in [0.25, 0.3) is 0 Å². The zero-order chi connectivity index (χ0) is 15.8. The second-order valence-electron chi connectivity index (χ2n) is 7.09. The molecule has 0 aliphatic rings. The lowest BCUT2D eigenvalue weighted by Gasteiger charge is -2.28. The van der Waals surface area contributed by atoms with E-state index in [-0.39, 0.29) is 5.41 Å². The van der Waals surface area contributed by atoms with Gasteiger partial charge in [0.2, 0.25) is 10.0 Å². The number of sulfonamides is 1. The molecule has 0 unspecified atom stereocenters. The van der Waals surface area contributed by atoms with Crippen molar-refractivity contribution in [3.63, 3.8) is 0 Å². The molecular formula is C16H27NO2S. The van der Waals surface area contributed by atoms with Gasteiger partial charge in [-0.25, -0.2) is 13.1 Å². The third-order valence-electron chi connectivity index (χ3n) is 3.53. The van der Waals surface area contributed by atoms with E-state index in [1.165, 1.54) is 0 Å². The summed E-state index contributed by atoms with van der Waals surface area (Å²) in [5, 5.41) is 0. The Labute approximate surface area is 123 Å². The summed E-state index contributed by atoms with van der Waals surface area (Å²) >= 11 is 0. The van der Waals surface area contributed by atoms with Crippen molar-refractivity contribution in [1.82, 2.24) is 4.72 Å². The van der Waals surface area contributed by atoms with Gasteiger partial charge >= 0.3 is 0 Å². The fourth-order valence-electron chi connectivity index (χ4n) is 1.96. The minimum atomic E-state index is -3.51. The summed E-state index contributed by atoms with van der Waals surface area (Å²) < 4.78 is 28.2. The highest BCUT2D eigenvalue weighted by Gasteiger charge is 2.29. The SMILES string of the molecule is CCC(C)(C)NS(=O)(=O)c1ccc(C)cc1C(C)(C)C. The second-order valence-corrected chi connectivity index (χ2v) is 8.74. The Morgan fingerprint density at radius 2 is 1.65 bits per heavy atom. The number of benzene rings is 1. The second kappa shape index (κ2) is 5.49. The van der Waals surface area contributed by atoms with Crippen molar-refractivity contribution in [2.24, 2.45) is 0 Å². The van der Waals surface area contributed by atoms with Crippen LogP contribution in [0.15, 0.2) is 23.1 Å². The molecule has 0 spiro atoms. The van der Waals surface area contributed by atoms with Gasteiger partial charge in [0.1, 0.15) is 0 Å². The molecule has 1 rings (SSSR count). The van der Waals surface area contributed by atoms with Crippen LogP contribution in [0.1, 0.15) is 59.1 Å². The normalized spacial score (nSPS) is 13.6. The van der Waals surface area contributed by atoms with Crippen LogP contribution in [0.4, 0.5) is 0 Å². The molecule has 114 valence electrons. The Morgan fingerprint density at radius 3 is 2.10 bits per heavy atom. The predicted octanol–water partition coefficient (Wildman–Crippen LogP) is 3.76. The van der Waals surface area contributed by atoms with Crippen molar-refractivity contribution in [1.29, 1.82) is 0 Å². The maximum Gasteiger partial charge on any atom is 0.241 e. The molecule has 0 saturated carbocycles. The minimum absolute atomic E-state index is 0.216. The van der Waals surface area contributed by atoms with E-state index in [1.807, 2.05) is 60.6 Å². The van der Waals surface area contributed by atoms with E-state index in [2.05, 4.69) is 4.72 Å². The maximum atomic E-state index is 12.7. The monoisotopic (exact) mass is 297 g/mol. The summed E-state index contributed by atoms with van der Waals surface area (Å²) in [7, 11) is -3.51. The van der Waals surface area contributed by atoms with Crippen LogP contribution < -0.4 is 4.72 Å². The molecule has 0 radical (unpaired) electrons. The van der Waals surface area contributed by atoms with Crippen LogP contribution in [-0.2, 0) is 15.4 Å². The summed E-state index contributed by atoms with van der Waals surface area (Å²) in [5.41, 5.74) is 1.27. The van der Waals surface area contributed by atoms with E-state index >= 15 is 0 Å². The zero-order valence-electron chi connectivity index (χ0n) is 13.7. The summed E-state index contributed by atoms with van der Waals surface area (Å²) in [4.78, 5) is 0.386. The quantitative estimate of drug-likeness (QED) is 0.919. The van der Waals surface area contributed by atoms with Crippen molar-refractivity contribution in [2.45, 2.75) is 70.7 Å². The topological polar surface area (TPSA) is 46.2 Å². The molecule has 0 atom stereocenters. The van der Waals surface area contributed by atoms with Crippen LogP contribution in [0.5, 0.6) is 0 Å². The molecular weight excluding hydrogens is 270 g/mol. The first-order valence-corrected chi connectivity index (χ1v) is 8.52. The van der Waals surface area contributed by atoms with E-state index < -0.39 is 15.6 Å². The number of hydrogen-bond donors (Lipinski definition) is 1. The van der Waals surface area contributed by atoms with E-state index in [0.29, 0.717) is 4.90 Å². The van der Waals surface area contributed by atoms with Gasteiger partial charge in [0.15, 0.2) is 0 Å². The molecule has 0 amide bonds. The first-order chi connectivity index (χ1) is 8.89. The number of aryl methyl sites for hydroxylation is 1. The lowest BCUT2D eigenvalue weighted by atomic mass is 9.86. The largest absolute Gasteiger partial charge is 0.241 e. The van der Waals surface area contributed by atoms with Crippen molar-refractivity contribution >= 4 is 10.0 Å². The lowest BCUT2D eigenvalue weighted by molar-refractivity contribution is 0.438. The molecule has 0 bridgehead atoms. The third-order valence-corrected chi connectivity index (χ3v) is 5.28. The molecule has 0 aliphatic heterocycles. The van der Waals surface area contributed by atoms with Crippen molar-refractivity contribution in [3.05, 3.63) is 29.3 Å². The highest BCUT2D eigenvalue weighted by Crippen LogP contribution is 2.30. The standard InChI is InChI=1S/C16H27NO2S/c1-8-16(6,7)17-20(18,19)14-10-9-12(2)11-13(14)15(3,4)5/h9-11,17H,8H2,1-7H3. The molecule has 1 N–H and O–H groups in total. The van der Waals surface area contributed by atoms with Crippen molar-refractivity contribution in [3.8, 4) is 0 Å². The van der Waals surface area contributed by atoms with Gasteiger partial charge in [0, 0.05) is 5.54 Å². The molecule has 1 aromatic rings. The van der Waals surface area contributed by atoms with Gasteiger partial charge in [-0.2, -0.15) is 0 Å². The van der Waals surface area contributed by atoms with Crippen molar-refractivity contribution < 1.29 is 8.42 Å². The number of rotatable bonds is 4. The highest BCUT2D eigenvalue weighted by molar-refractivity contribution is 7.89. The van der Waals surface area contributed by atoms with E-state index in [0.717, 1.165) is 17.5 Å². The summed E-state index contributed by atoms with van der Waals surface area (Å²) in [6.07, 6.45) is 0.739. The molecule has 3 nitrogen and oxygen atoms in total. The average Bonchev–Trinajstić information content (AvgIpc) is 2.26. The minimum Gasteiger partial charge on any atom is -0.207 e. The highest BCUT2D eigenvalue weighted by atomic mass is 32.2. The fourth-order valence-corrected chi connectivity index (χ4v) is 3.84. The summed E-state index contributed by atoms with van der Waals surface area (Å²) in [5.74, 6) is 0. The average molecular weight is 297 g/mol. The third kappa shape index (κ3) is 4.06. The maximum absolute atomic E-state index is 12.7. The van der Waals surface area contributed by atoms with Gasteiger partial charge < -0.3 is 0 Å². The Hall–Kier alpha value is -0.870. The first-order valence-electron chi connectivity index (χ1n) is 7.04. The van der Waals surface area contributed by atoms with Crippen LogP contribution in [-0.4, -0.2) is 14.0 Å². The Kier molecular flexibility index (Phi) is 4.72. The van der Waals surface area contributed by atoms with Crippen molar-refractivity contribution in [2.75, 3.05) is 0 Å².